The Bertz CT molecular complexity index is 396. The largest absolute Gasteiger partial charge is 0.398 e. The first-order valence-corrected chi connectivity index (χ1v) is 6.82. The average Bonchev–Trinajstić information content (AvgIpc) is 2.22. The van der Waals surface area contributed by atoms with Gasteiger partial charge in [0.1, 0.15) is 0 Å². The van der Waals surface area contributed by atoms with E-state index in [1.165, 1.54) is 0 Å². The lowest BCUT2D eigenvalue weighted by Gasteiger charge is -2.08. The predicted octanol–water partition coefficient (Wildman–Crippen LogP) is 2.93. The maximum Gasteiger partial charge on any atom is 0.221 e. The molecule has 0 unspecified atom stereocenters. The lowest BCUT2D eigenvalue weighted by atomic mass is 10.3. The molecule has 0 atom stereocenters. The Morgan fingerprint density at radius 2 is 2.24 bits per heavy atom. The zero-order valence-corrected chi connectivity index (χ0v) is 11.6. The molecule has 0 saturated carbocycles. The van der Waals surface area contributed by atoms with Crippen molar-refractivity contribution >= 4 is 35.0 Å². The van der Waals surface area contributed by atoms with Gasteiger partial charge in [-0.25, -0.2) is 0 Å². The Morgan fingerprint density at radius 3 is 2.82 bits per heavy atom. The third-order valence-corrected chi connectivity index (χ3v) is 3.34. The summed E-state index contributed by atoms with van der Waals surface area (Å²) in [6.45, 7) is 3.90. The highest BCUT2D eigenvalue weighted by molar-refractivity contribution is 7.99. The standard InChI is InChI=1S/C12H17ClN2OS/c1-8(2)15-12(16)5-6-17-9-3-4-11(14)10(13)7-9/h3-4,7-8H,5-6,14H2,1-2H3,(H,15,16). The number of rotatable bonds is 5. The predicted molar refractivity (Wildman–Crippen MR) is 74.5 cm³/mol. The number of hydrogen-bond acceptors (Lipinski definition) is 3. The molecule has 1 amide bonds. The molecule has 3 nitrogen and oxygen atoms in total. The second-order valence-corrected chi connectivity index (χ2v) is 5.58. The number of carbonyl (C=O) groups is 1. The van der Waals surface area contributed by atoms with Gasteiger partial charge in [-0.3, -0.25) is 4.79 Å². The maximum absolute atomic E-state index is 11.4. The number of nitrogens with one attached hydrogen (secondary N) is 1. The van der Waals surface area contributed by atoms with Crippen LogP contribution in [-0.4, -0.2) is 17.7 Å². The highest BCUT2D eigenvalue weighted by Crippen LogP contribution is 2.26. The Morgan fingerprint density at radius 1 is 1.53 bits per heavy atom. The van der Waals surface area contributed by atoms with Crippen molar-refractivity contribution in [3.8, 4) is 0 Å². The van der Waals surface area contributed by atoms with Crippen LogP contribution in [0.1, 0.15) is 20.3 Å². The number of halogens is 1. The van der Waals surface area contributed by atoms with Crippen LogP contribution in [-0.2, 0) is 4.79 Å². The molecule has 0 aliphatic heterocycles. The molecule has 0 aliphatic rings. The minimum atomic E-state index is 0.0778. The minimum Gasteiger partial charge on any atom is -0.398 e. The van der Waals surface area contributed by atoms with E-state index in [9.17, 15) is 4.79 Å². The molecular formula is C12H17ClN2OS. The summed E-state index contributed by atoms with van der Waals surface area (Å²) in [6, 6.07) is 5.70. The lowest BCUT2D eigenvalue weighted by Crippen LogP contribution is -2.30. The number of amides is 1. The third kappa shape index (κ3) is 5.33. The highest BCUT2D eigenvalue weighted by atomic mass is 35.5. The third-order valence-electron chi connectivity index (χ3n) is 2.02. The SMILES string of the molecule is CC(C)NC(=O)CCSc1ccc(N)c(Cl)c1. The number of benzene rings is 1. The van der Waals surface area contributed by atoms with Gasteiger partial charge in [-0.1, -0.05) is 11.6 Å². The van der Waals surface area contributed by atoms with Crippen LogP contribution in [0, 0.1) is 0 Å². The van der Waals surface area contributed by atoms with Gasteiger partial charge in [0.2, 0.25) is 5.91 Å². The first-order valence-electron chi connectivity index (χ1n) is 5.46. The van der Waals surface area contributed by atoms with E-state index >= 15 is 0 Å². The number of nitrogen functional groups attached to an aromatic ring is 1. The van der Waals surface area contributed by atoms with Crippen molar-refractivity contribution in [2.75, 3.05) is 11.5 Å². The summed E-state index contributed by atoms with van der Waals surface area (Å²) in [7, 11) is 0. The van der Waals surface area contributed by atoms with Gasteiger partial charge in [0.05, 0.1) is 10.7 Å². The van der Waals surface area contributed by atoms with E-state index in [0.29, 0.717) is 17.1 Å². The molecule has 0 aromatic heterocycles. The molecule has 5 heteroatoms. The summed E-state index contributed by atoms with van der Waals surface area (Å²) < 4.78 is 0. The van der Waals surface area contributed by atoms with E-state index in [1.807, 2.05) is 26.0 Å². The van der Waals surface area contributed by atoms with E-state index in [-0.39, 0.29) is 11.9 Å². The molecule has 1 aromatic rings. The van der Waals surface area contributed by atoms with Crippen molar-refractivity contribution in [2.24, 2.45) is 0 Å². The van der Waals surface area contributed by atoms with E-state index in [0.717, 1.165) is 10.6 Å². The van der Waals surface area contributed by atoms with Crippen molar-refractivity contribution in [2.45, 2.75) is 31.2 Å². The van der Waals surface area contributed by atoms with Crippen molar-refractivity contribution < 1.29 is 4.79 Å². The van der Waals surface area contributed by atoms with Crippen LogP contribution in [0.25, 0.3) is 0 Å². The number of anilines is 1. The molecule has 94 valence electrons. The Kier molecular flexibility index (Phi) is 5.65. The maximum atomic E-state index is 11.4. The van der Waals surface area contributed by atoms with Crippen LogP contribution in [0.15, 0.2) is 23.1 Å². The van der Waals surface area contributed by atoms with Crippen LogP contribution in [0.2, 0.25) is 5.02 Å². The first-order chi connectivity index (χ1) is 7.99. The smallest absolute Gasteiger partial charge is 0.221 e. The normalized spacial score (nSPS) is 10.6. The van der Waals surface area contributed by atoms with Crippen molar-refractivity contribution in [3.05, 3.63) is 23.2 Å². The monoisotopic (exact) mass is 272 g/mol. The van der Waals surface area contributed by atoms with Gasteiger partial charge in [0, 0.05) is 23.1 Å². The van der Waals surface area contributed by atoms with Gasteiger partial charge in [-0.05, 0) is 32.0 Å². The van der Waals surface area contributed by atoms with Gasteiger partial charge in [-0.2, -0.15) is 0 Å². The average molecular weight is 273 g/mol. The molecule has 0 heterocycles. The lowest BCUT2D eigenvalue weighted by molar-refractivity contribution is -0.121. The Hall–Kier alpha value is -0.870. The molecule has 0 fully saturated rings. The fraction of sp³-hybridized carbons (Fsp3) is 0.417. The second-order valence-electron chi connectivity index (χ2n) is 4.00. The molecule has 3 N–H and O–H groups in total. The fourth-order valence-electron chi connectivity index (χ4n) is 1.25. The summed E-state index contributed by atoms with van der Waals surface area (Å²) >= 11 is 7.50. The van der Waals surface area contributed by atoms with Crippen molar-refractivity contribution in [1.29, 1.82) is 0 Å². The van der Waals surface area contributed by atoms with Gasteiger partial charge >= 0.3 is 0 Å². The summed E-state index contributed by atoms with van der Waals surface area (Å²) in [4.78, 5) is 12.4. The topological polar surface area (TPSA) is 55.1 Å². The molecule has 1 aromatic carbocycles. The fourth-order valence-corrected chi connectivity index (χ4v) is 2.39. The van der Waals surface area contributed by atoms with Crippen molar-refractivity contribution in [1.82, 2.24) is 5.32 Å². The van der Waals surface area contributed by atoms with E-state index < -0.39 is 0 Å². The van der Waals surface area contributed by atoms with Gasteiger partial charge in [0.15, 0.2) is 0 Å². The summed E-state index contributed by atoms with van der Waals surface area (Å²) in [5.74, 6) is 0.813. The van der Waals surface area contributed by atoms with E-state index in [4.69, 9.17) is 17.3 Å². The molecule has 1 rings (SSSR count). The van der Waals surface area contributed by atoms with Gasteiger partial charge < -0.3 is 11.1 Å². The number of carbonyl (C=O) groups excluding carboxylic acids is 1. The number of hydrogen-bond donors (Lipinski definition) is 2. The summed E-state index contributed by atoms with van der Waals surface area (Å²) in [6.07, 6.45) is 0.505. The molecular weight excluding hydrogens is 256 g/mol. The van der Waals surface area contributed by atoms with E-state index in [2.05, 4.69) is 5.32 Å². The van der Waals surface area contributed by atoms with Gasteiger partial charge in [0.25, 0.3) is 0 Å². The summed E-state index contributed by atoms with van der Waals surface area (Å²) in [5, 5.41) is 3.41. The van der Waals surface area contributed by atoms with Crippen LogP contribution < -0.4 is 11.1 Å². The molecule has 0 saturated heterocycles. The van der Waals surface area contributed by atoms with Crippen molar-refractivity contribution in [3.63, 3.8) is 0 Å². The summed E-state index contributed by atoms with van der Waals surface area (Å²) in [5.41, 5.74) is 6.19. The quantitative estimate of drug-likeness (QED) is 0.640. The Labute approximate surface area is 111 Å². The first kappa shape index (κ1) is 14.2. The van der Waals surface area contributed by atoms with Gasteiger partial charge in [-0.15, -0.1) is 11.8 Å². The molecule has 0 radical (unpaired) electrons. The number of thioether (sulfide) groups is 1. The van der Waals surface area contributed by atoms with Crippen LogP contribution in [0.5, 0.6) is 0 Å². The molecule has 17 heavy (non-hydrogen) atoms. The number of nitrogens with two attached hydrogens (primary N) is 1. The highest BCUT2D eigenvalue weighted by Gasteiger charge is 2.04. The minimum absolute atomic E-state index is 0.0778. The van der Waals surface area contributed by atoms with Crippen LogP contribution in [0.4, 0.5) is 5.69 Å². The van der Waals surface area contributed by atoms with Crippen LogP contribution in [0.3, 0.4) is 0 Å². The molecule has 0 bridgehead atoms. The van der Waals surface area contributed by atoms with Crippen LogP contribution >= 0.6 is 23.4 Å². The zero-order valence-electron chi connectivity index (χ0n) is 10.00. The van der Waals surface area contributed by atoms with E-state index in [1.54, 1.807) is 17.8 Å². The second kappa shape index (κ2) is 6.77. The zero-order chi connectivity index (χ0) is 12.8. The molecule has 0 spiro atoms. The molecule has 0 aliphatic carbocycles. The Balaban J connectivity index is 2.36.